The number of anilines is 1. The van der Waals surface area contributed by atoms with Gasteiger partial charge < -0.3 is 14.8 Å². The summed E-state index contributed by atoms with van der Waals surface area (Å²) >= 11 is 18.2. The first-order valence-corrected chi connectivity index (χ1v) is 10.2. The van der Waals surface area contributed by atoms with Crippen LogP contribution in [-0.4, -0.2) is 26.1 Å². The van der Waals surface area contributed by atoms with E-state index in [4.69, 9.17) is 35.4 Å². The molecule has 0 saturated heterocycles. The third kappa shape index (κ3) is 5.71. The number of hydrogen-bond acceptors (Lipinski definition) is 2. The summed E-state index contributed by atoms with van der Waals surface area (Å²) in [5.74, 6) is 0. The number of imidazole rings is 1. The molecule has 4 nitrogen and oxygen atoms in total. The lowest BCUT2D eigenvalue weighted by atomic mass is 10.2. The van der Waals surface area contributed by atoms with Gasteiger partial charge in [0, 0.05) is 47.8 Å². The zero-order valence-electron chi connectivity index (χ0n) is 15.6. The van der Waals surface area contributed by atoms with Crippen molar-refractivity contribution in [3.8, 4) is 0 Å². The van der Waals surface area contributed by atoms with Crippen LogP contribution in [0.3, 0.4) is 0 Å². The molecule has 0 aliphatic rings. The van der Waals surface area contributed by atoms with Crippen molar-refractivity contribution in [3.63, 3.8) is 0 Å². The Bertz CT molecular complexity index is 928. The molecule has 0 atom stereocenters. The fourth-order valence-corrected chi connectivity index (χ4v) is 3.60. The van der Waals surface area contributed by atoms with Crippen LogP contribution in [0.4, 0.5) is 5.69 Å². The highest BCUT2D eigenvalue weighted by Gasteiger charge is 2.13. The quantitative estimate of drug-likeness (QED) is 0.479. The second-order valence-corrected chi connectivity index (χ2v) is 7.79. The molecule has 7 heteroatoms. The SMILES string of the molecule is Cc1cc(Cl)ccc1NC(=S)N(CCCn1ccnc1)Cc1ccccc1Cl. The topological polar surface area (TPSA) is 33.1 Å². The first kappa shape index (κ1) is 20.6. The minimum atomic E-state index is 0.641. The zero-order chi connectivity index (χ0) is 19.9. The number of halogens is 2. The van der Waals surface area contributed by atoms with Gasteiger partial charge in [0.25, 0.3) is 0 Å². The fraction of sp³-hybridized carbons (Fsp3) is 0.238. The second kappa shape index (κ2) is 9.92. The standard InChI is InChI=1S/C21H22Cl2N4S/c1-16-13-18(22)7-8-20(16)25-21(28)27(11-4-10-26-12-9-24-15-26)14-17-5-2-3-6-19(17)23/h2-3,5-9,12-13,15H,4,10-11,14H2,1H3,(H,25,28). The van der Waals surface area contributed by atoms with Crippen LogP contribution in [0.15, 0.2) is 61.2 Å². The van der Waals surface area contributed by atoms with Crippen molar-refractivity contribution in [2.45, 2.75) is 26.4 Å². The van der Waals surface area contributed by atoms with E-state index in [2.05, 4.69) is 19.8 Å². The molecule has 0 fully saturated rings. The molecule has 0 aliphatic heterocycles. The van der Waals surface area contributed by atoms with Crippen molar-refractivity contribution in [1.82, 2.24) is 14.5 Å². The van der Waals surface area contributed by atoms with Crippen molar-refractivity contribution < 1.29 is 0 Å². The average Bonchev–Trinajstić information content (AvgIpc) is 3.18. The van der Waals surface area contributed by atoms with E-state index in [-0.39, 0.29) is 0 Å². The Balaban J connectivity index is 1.71. The van der Waals surface area contributed by atoms with E-state index in [0.29, 0.717) is 16.7 Å². The Morgan fingerprint density at radius 2 is 2.04 bits per heavy atom. The van der Waals surface area contributed by atoms with Gasteiger partial charge in [-0.25, -0.2) is 4.98 Å². The lowest BCUT2D eigenvalue weighted by molar-refractivity contribution is 0.396. The summed E-state index contributed by atoms with van der Waals surface area (Å²) < 4.78 is 2.06. The number of hydrogen-bond donors (Lipinski definition) is 1. The van der Waals surface area contributed by atoms with Gasteiger partial charge in [-0.2, -0.15) is 0 Å². The smallest absolute Gasteiger partial charge is 0.173 e. The molecule has 2 aromatic carbocycles. The summed E-state index contributed by atoms with van der Waals surface area (Å²) in [6.45, 7) is 4.32. The van der Waals surface area contributed by atoms with E-state index >= 15 is 0 Å². The van der Waals surface area contributed by atoms with Crippen LogP contribution in [0.2, 0.25) is 10.0 Å². The summed E-state index contributed by atoms with van der Waals surface area (Å²) in [4.78, 5) is 6.23. The molecule has 1 heterocycles. The van der Waals surface area contributed by atoms with Gasteiger partial charge in [-0.1, -0.05) is 41.4 Å². The van der Waals surface area contributed by atoms with E-state index in [9.17, 15) is 0 Å². The maximum absolute atomic E-state index is 6.37. The third-order valence-electron chi connectivity index (χ3n) is 4.44. The van der Waals surface area contributed by atoms with Crippen LogP contribution in [0, 0.1) is 6.92 Å². The number of nitrogens with zero attached hydrogens (tertiary/aromatic N) is 3. The van der Waals surface area contributed by atoms with Crippen molar-refractivity contribution in [3.05, 3.63) is 82.4 Å². The van der Waals surface area contributed by atoms with Gasteiger partial charge in [0.15, 0.2) is 5.11 Å². The molecule has 0 aliphatic carbocycles. The molecule has 3 rings (SSSR count). The molecular weight excluding hydrogens is 411 g/mol. The van der Waals surface area contributed by atoms with Crippen molar-refractivity contribution in [1.29, 1.82) is 0 Å². The fourth-order valence-electron chi connectivity index (χ4n) is 2.91. The van der Waals surface area contributed by atoms with E-state index in [1.807, 2.05) is 61.9 Å². The largest absolute Gasteiger partial charge is 0.345 e. The molecule has 0 radical (unpaired) electrons. The number of rotatable bonds is 7. The van der Waals surface area contributed by atoms with Crippen molar-refractivity contribution in [2.75, 3.05) is 11.9 Å². The first-order valence-electron chi connectivity index (χ1n) is 9.04. The summed E-state index contributed by atoms with van der Waals surface area (Å²) in [6.07, 6.45) is 6.51. The number of aromatic nitrogens is 2. The Labute approximate surface area is 181 Å². The number of thiocarbonyl (C=S) groups is 1. The molecule has 0 saturated carbocycles. The molecule has 1 N–H and O–H groups in total. The van der Waals surface area contributed by atoms with Crippen molar-refractivity contribution >= 4 is 46.2 Å². The Kier molecular flexibility index (Phi) is 7.31. The van der Waals surface area contributed by atoms with Crippen LogP contribution in [0.25, 0.3) is 0 Å². The number of aryl methyl sites for hydroxylation is 2. The minimum Gasteiger partial charge on any atom is -0.345 e. The molecule has 3 aromatic rings. The highest BCUT2D eigenvalue weighted by molar-refractivity contribution is 7.80. The Morgan fingerprint density at radius 3 is 2.75 bits per heavy atom. The lowest BCUT2D eigenvalue weighted by Gasteiger charge is -2.27. The molecule has 28 heavy (non-hydrogen) atoms. The molecule has 0 bridgehead atoms. The molecule has 0 unspecified atom stereocenters. The molecule has 1 aromatic heterocycles. The van der Waals surface area contributed by atoms with E-state index in [1.165, 1.54) is 0 Å². The van der Waals surface area contributed by atoms with Gasteiger partial charge in [-0.15, -0.1) is 0 Å². The Morgan fingerprint density at radius 1 is 1.21 bits per heavy atom. The van der Waals surface area contributed by atoms with E-state index < -0.39 is 0 Å². The predicted molar refractivity (Wildman–Crippen MR) is 121 cm³/mol. The second-order valence-electron chi connectivity index (χ2n) is 6.56. The predicted octanol–water partition coefficient (Wildman–Crippen LogP) is 5.79. The molecule has 0 spiro atoms. The Hall–Kier alpha value is -2.08. The summed E-state index contributed by atoms with van der Waals surface area (Å²) in [5.41, 5.74) is 3.04. The van der Waals surface area contributed by atoms with Crippen LogP contribution < -0.4 is 5.32 Å². The highest BCUT2D eigenvalue weighted by atomic mass is 35.5. The highest BCUT2D eigenvalue weighted by Crippen LogP contribution is 2.22. The van der Waals surface area contributed by atoms with Gasteiger partial charge >= 0.3 is 0 Å². The van der Waals surface area contributed by atoms with Crippen LogP contribution >= 0.6 is 35.4 Å². The van der Waals surface area contributed by atoms with E-state index in [1.54, 1.807) is 6.20 Å². The van der Waals surface area contributed by atoms with Gasteiger partial charge in [0.05, 0.1) is 6.33 Å². The third-order valence-corrected chi connectivity index (χ3v) is 5.40. The zero-order valence-corrected chi connectivity index (χ0v) is 17.9. The first-order chi connectivity index (χ1) is 13.5. The molecule has 0 amide bonds. The summed E-state index contributed by atoms with van der Waals surface area (Å²) in [7, 11) is 0. The van der Waals surface area contributed by atoms with Gasteiger partial charge in [0.2, 0.25) is 0 Å². The van der Waals surface area contributed by atoms with Crippen LogP contribution in [-0.2, 0) is 13.1 Å². The molecular formula is C21H22Cl2N4S. The van der Waals surface area contributed by atoms with Crippen LogP contribution in [0.1, 0.15) is 17.5 Å². The maximum atomic E-state index is 6.37. The van der Waals surface area contributed by atoms with Crippen molar-refractivity contribution in [2.24, 2.45) is 0 Å². The average molecular weight is 433 g/mol. The van der Waals surface area contributed by atoms with Crippen LogP contribution in [0.5, 0.6) is 0 Å². The maximum Gasteiger partial charge on any atom is 0.173 e. The normalized spacial score (nSPS) is 10.7. The van der Waals surface area contributed by atoms with E-state index in [0.717, 1.165) is 41.3 Å². The van der Waals surface area contributed by atoms with Gasteiger partial charge in [0.1, 0.15) is 0 Å². The summed E-state index contributed by atoms with van der Waals surface area (Å²) in [5, 5.41) is 5.47. The lowest BCUT2D eigenvalue weighted by Crippen LogP contribution is -2.35. The summed E-state index contributed by atoms with van der Waals surface area (Å²) in [6, 6.07) is 13.6. The monoisotopic (exact) mass is 432 g/mol. The number of nitrogens with one attached hydrogen (secondary N) is 1. The van der Waals surface area contributed by atoms with Gasteiger partial charge in [-0.05, 0) is 61.0 Å². The van der Waals surface area contributed by atoms with Gasteiger partial charge in [-0.3, -0.25) is 0 Å². The number of benzene rings is 2. The minimum absolute atomic E-state index is 0.641. The molecule has 146 valence electrons.